The SMILES string of the molecule is NC1=NC(N2CCNC(Cc3ccccc3)C2)C(c2ccc(F)cc2)C=N1. The van der Waals surface area contributed by atoms with Crippen molar-refractivity contribution in [1.29, 1.82) is 0 Å². The van der Waals surface area contributed by atoms with E-state index in [9.17, 15) is 4.39 Å². The van der Waals surface area contributed by atoms with Crippen LogP contribution in [0.3, 0.4) is 0 Å². The van der Waals surface area contributed by atoms with Crippen LogP contribution < -0.4 is 11.1 Å². The molecule has 6 heteroatoms. The van der Waals surface area contributed by atoms with Crippen LogP contribution in [0, 0.1) is 5.82 Å². The molecule has 2 aliphatic heterocycles. The van der Waals surface area contributed by atoms with Gasteiger partial charge in [-0.1, -0.05) is 42.5 Å². The van der Waals surface area contributed by atoms with E-state index in [0.29, 0.717) is 12.0 Å². The first-order valence-corrected chi connectivity index (χ1v) is 9.33. The molecule has 0 saturated carbocycles. The Kier molecular flexibility index (Phi) is 5.27. The van der Waals surface area contributed by atoms with E-state index in [1.807, 2.05) is 12.3 Å². The highest BCUT2D eigenvalue weighted by Gasteiger charge is 2.33. The number of benzene rings is 2. The molecular formula is C21H24FN5. The molecule has 27 heavy (non-hydrogen) atoms. The average molecular weight is 365 g/mol. The van der Waals surface area contributed by atoms with E-state index in [2.05, 4.69) is 44.5 Å². The summed E-state index contributed by atoms with van der Waals surface area (Å²) in [4.78, 5) is 11.2. The van der Waals surface area contributed by atoms with E-state index in [1.165, 1.54) is 17.7 Å². The Morgan fingerprint density at radius 3 is 2.67 bits per heavy atom. The first-order chi connectivity index (χ1) is 13.2. The lowest BCUT2D eigenvalue weighted by Gasteiger charge is -2.40. The van der Waals surface area contributed by atoms with E-state index in [4.69, 9.17) is 5.73 Å². The quantitative estimate of drug-likeness (QED) is 0.873. The van der Waals surface area contributed by atoms with E-state index in [0.717, 1.165) is 31.6 Å². The number of halogens is 1. The first kappa shape index (κ1) is 17.8. The summed E-state index contributed by atoms with van der Waals surface area (Å²) in [5.41, 5.74) is 8.22. The maximum Gasteiger partial charge on any atom is 0.216 e. The average Bonchev–Trinajstić information content (AvgIpc) is 2.70. The molecule has 1 saturated heterocycles. The summed E-state index contributed by atoms with van der Waals surface area (Å²) in [5.74, 6) is 0.0287. The summed E-state index contributed by atoms with van der Waals surface area (Å²) in [6, 6.07) is 17.4. The molecule has 0 aromatic heterocycles. The van der Waals surface area contributed by atoms with Gasteiger partial charge < -0.3 is 11.1 Å². The second-order valence-corrected chi connectivity index (χ2v) is 7.09. The predicted octanol–water partition coefficient (Wildman–Crippen LogP) is 2.15. The van der Waals surface area contributed by atoms with Gasteiger partial charge in [0.2, 0.25) is 5.96 Å². The van der Waals surface area contributed by atoms with Crippen molar-refractivity contribution in [2.24, 2.45) is 15.7 Å². The van der Waals surface area contributed by atoms with E-state index in [-0.39, 0.29) is 17.9 Å². The molecule has 2 aromatic carbocycles. The van der Waals surface area contributed by atoms with Crippen LogP contribution in [0.15, 0.2) is 64.6 Å². The second-order valence-electron chi connectivity index (χ2n) is 7.09. The predicted molar refractivity (Wildman–Crippen MR) is 107 cm³/mol. The van der Waals surface area contributed by atoms with Crippen LogP contribution in [0.25, 0.3) is 0 Å². The maximum atomic E-state index is 13.3. The zero-order valence-corrected chi connectivity index (χ0v) is 15.1. The van der Waals surface area contributed by atoms with Crippen LogP contribution in [0.2, 0.25) is 0 Å². The fourth-order valence-corrected chi connectivity index (χ4v) is 3.86. The molecule has 5 nitrogen and oxygen atoms in total. The normalized spacial score (nSPS) is 26.0. The fraction of sp³-hybridized carbons (Fsp3) is 0.333. The molecule has 3 N–H and O–H groups in total. The molecule has 4 rings (SSSR count). The number of rotatable bonds is 4. The minimum absolute atomic E-state index is 0.0339. The molecule has 2 aliphatic rings. The Morgan fingerprint density at radius 2 is 1.89 bits per heavy atom. The third-order valence-corrected chi connectivity index (χ3v) is 5.19. The van der Waals surface area contributed by atoms with Crippen LogP contribution in [0.4, 0.5) is 4.39 Å². The van der Waals surface area contributed by atoms with Crippen molar-refractivity contribution in [2.75, 3.05) is 19.6 Å². The lowest BCUT2D eigenvalue weighted by molar-refractivity contribution is 0.140. The molecule has 2 aromatic rings. The molecule has 0 amide bonds. The molecule has 0 aliphatic carbocycles. The minimum Gasteiger partial charge on any atom is -0.368 e. The van der Waals surface area contributed by atoms with Gasteiger partial charge in [0.25, 0.3) is 0 Å². The summed E-state index contributed by atoms with van der Waals surface area (Å²) in [6.45, 7) is 2.66. The number of guanidine groups is 1. The standard InChI is InChI=1S/C21H24FN5/c22-17-8-6-16(7-9-17)19-13-25-21(23)26-20(19)27-11-10-24-18(14-27)12-15-4-2-1-3-5-15/h1-9,13,18-20,24H,10-12,14H2,(H2,23,26). The fourth-order valence-electron chi connectivity index (χ4n) is 3.86. The number of hydrogen-bond donors (Lipinski definition) is 2. The molecule has 0 radical (unpaired) electrons. The summed E-state index contributed by atoms with van der Waals surface area (Å²) in [6.07, 6.45) is 2.70. The summed E-state index contributed by atoms with van der Waals surface area (Å²) >= 11 is 0. The van der Waals surface area contributed by atoms with Gasteiger partial charge in [-0.2, -0.15) is 0 Å². The van der Waals surface area contributed by atoms with Gasteiger partial charge in [-0.05, 0) is 29.7 Å². The molecule has 1 fully saturated rings. The highest BCUT2D eigenvalue weighted by molar-refractivity contribution is 5.91. The van der Waals surface area contributed by atoms with E-state index < -0.39 is 0 Å². The molecular weight excluding hydrogens is 341 g/mol. The van der Waals surface area contributed by atoms with Crippen molar-refractivity contribution in [3.8, 4) is 0 Å². The number of aliphatic imine (C=N–C) groups is 2. The third kappa shape index (κ3) is 4.23. The van der Waals surface area contributed by atoms with Crippen LogP contribution in [-0.2, 0) is 6.42 Å². The van der Waals surface area contributed by atoms with Gasteiger partial charge in [-0.25, -0.2) is 14.4 Å². The number of nitrogens with two attached hydrogens (primary N) is 1. The zero-order valence-electron chi connectivity index (χ0n) is 15.1. The number of piperazine rings is 1. The monoisotopic (exact) mass is 365 g/mol. The van der Waals surface area contributed by atoms with Gasteiger partial charge in [0.05, 0.1) is 5.92 Å². The smallest absolute Gasteiger partial charge is 0.216 e. The molecule has 3 atom stereocenters. The van der Waals surface area contributed by atoms with Gasteiger partial charge in [-0.15, -0.1) is 0 Å². The van der Waals surface area contributed by atoms with Crippen molar-refractivity contribution in [3.05, 3.63) is 71.5 Å². The number of nitrogens with zero attached hydrogens (tertiary/aromatic N) is 3. The Bertz CT molecular complexity index is 818. The topological polar surface area (TPSA) is 66.0 Å². The maximum absolute atomic E-state index is 13.3. The molecule has 0 spiro atoms. The summed E-state index contributed by atoms with van der Waals surface area (Å²) in [5, 5.41) is 3.61. The lowest BCUT2D eigenvalue weighted by atomic mass is 9.94. The Labute approximate surface area is 158 Å². The van der Waals surface area contributed by atoms with Crippen LogP contribution >= 0.6 is 0 Å². The zero-order chi connectivity index (χ0) is 18.6. The lowest BCUT2D eigenvalue weighted by Crippen LogP contribution is -2.56. The summed E-state index contributed by atoms with van der Waals surface area (Å²) in [7, 11) is 0. The Balaban J connectivity index is 1.52. The second kappa shape index (κ2) is 7.98. The van der Waals surface area contributed by atoms with Crippen LogP contribution in [0.5, 0.6) is 0 Å². The van der Waals surface area contributed by atoms with Gasteiger partial charge in [-0.3, -0.25) is 4.90 Å². The van der Waals surface area contributed by atoms with Gasteiger partial charge in [0.1, 0.15) is 12.0 Å². The van der Waals surface area contributed by atoms with Gasteiger partial charge in [0, 0.05) is 31.9 Å². The summed E-state index contributed by atoms with van der Waals surface area (Å²) < 4.78 is 13.3. The van der Waals surface area contributed by atoms with E-state index in [1.54, 1.807) is 12.1 Å². The van der Waals surface area contributed by atoms with Crippen molar-refractivity contribution in [3.63, 3.8) is 0 Å². The van der Waals surface area contributed by atoms with Crippen molar-refractivity contribution in [1.82, 2.24) is 10.2 Å². The largest absolute Gasteiger partial charge is 0.368 e. The molecule has 140 valence electrons. The molecule has 2 heterocycles. The minimum atomic E-state index is -0.240. The van der Waals surface area contributed by atoms with Crippen molar-refractivity contribution < 1.29 is 4.39 Å². The molecule has 3 unspecified atom stereocenters. The Morgan fingerprint density at radius 1 is 1.11 bits per heavy atom. The highest BCUT2D eigenvalue weighted by atomic mass is 19.1. The van der Waals surface area contributed by atoms with Gasteiger partial charge in [0.15, 0.2) is 0 Å². The molecule has 0 bridgehead atoms. The number of hydrogen-bond acceptors (Lipinski definition) is 5. The highest BCUT2D eigenvalue weighted by Crippen LogP contribution is 2.27. The van der Waals surface area contributed by atoms with Crippen LogP contribution in [-0.4, -0.2) is 48.9 Å². The van der Waals surface area contributed by atoms with Crippen molar-refractivity contribution in [2.45, 2.75) is 24.5 Å². The third-order valence-electron chi connectivity index (χ3n) is 5.19. The van der Waals surface area contributed by atoms with Crippen molar-refractivity contribution >= 4 is 12.2 Å². The van der Waals surface area contributed by atoms with E-state index >= 15 is 0 Å². The van der Waals surface area contributed by atoms with Crippen LogP contribution in [0.1, 0.15) is 17.0 Å². The van der Waals surface area contributed by atoms with Gasteiger partial charge >= 0.3 is 0 Å². The first-order valence-electron chi connectivity index (χ1n) is 9.33. The Hall–Kier alpha value is -2.57. The number of nitrogens with one attached hydrogen (secondary N) is 1.